The SMILES string of the molecule is CC(C)NC(c1cc(Br)c(Cl)s1)c1nc2c(s1)CCC2. The Balaban J connectivity index is 1.96. The number of nitrogens with one attached hydrogen (secondary N) is 1. The molecule has 0 saturated heterocycles. The molecule has 2 nitrogen and oxygen atoms in total. The van der Waals surface area contributed by atoms with Gasteiger partial charge in [-0.3, -0.25) is 0 Å². The minimum absolute atomic E-state index is 0.152. The van der Waals surface area contributed by atoms with E-state index < -0.39 is 0 Å². The Morgan fingerprint density at radius 3 is 2.75 bits per heavy atom. The van der Waals surface area contributed by atoms with E-state index in [4.69, 9.17) is 16.6 Å². The van der Waals surface area contributed by atoms with Crippen LogP contribution < -0.4 is 5.32 Å². The molecule has 1 atom stereocenters. The van der Waals surface area contributed by atoms with E-state index in [1.165, 1.54) is 33.3 Å². The zero-order valence-corrected chi connectivity index (χ0v) is 15.3. The van der Waals surface area contributed by atoms with Gasteiger partial charge in [-0.25, -0.2) is 4.98 Å². The Kier molecular flexibility index (Phi) is 4.53. The van der Waals surface area contributed by atoms with Crippen molar-refractivity contribution in [2.45, 2.75) is 45.2 Å². The summed E-state index contributed by atoms with van der Waals surface area (Å²) >= 11 is 13.2. The molecule has 0 radical (unpaired) electrons. The maximum atomic E-state index is 6.20. The Hall–Kier alpha value is 0.0600. The lowest BCUT2D eigenvalue weighted by atomic mass is 10.2. The summed E-state index contributed by atoms with van der Waals surface area (Å²) in [5.41, 5.74) is 1.31. The van der Waals surface area contributed by atoms with Gasteiger partial charge in [-0.05, 0) is 55.1 Å². The highest BCUT2D eigenvalue weighted by Gasteiger charge is 2.25. The minimum Gasteiger partial charge on any atom is -0.301 e. The molecule has 3 rings (SSSR count). The molecule has 1 aliphatic carbocycles. The topological polar surface area (TPSA) is 24.9 Å². The highest BCUT2D eigenvalue weighted by atomic mass is 79.9. The lowest BCUT2D eigenvalue weighted by Crippen LogP contribution is -2.28. The van der Waals surface area contributed by atoms with E-state index >= 15 is 0 Å². The second kappa shape index (κ2) is 6.05. The van der Waals surface area contributed by atoms with Gasteiger partial charge in [0.15, 0.2) is 0 Å². The first-order chi connectivity index (χ1) is 9.54. The highest BCUT2D eigenvalue weighted by Crippen LogP contribution is 2.40. The van der Waals surface area contributed by atoms with Gasteiger partial charge in [0.2, 0.25) is 0 Å². The first kappa shape index (κ1) is 15.0. The number of fused-ring (bicyclic) bond motifs is 1. The maximum absolute atomic E-state index is 6.20. The first-order valence-corrected chi connectivity index (χ1v) is 9.54. The fraction of sp³-hybridized carbons (Fsp3) is 0.500. The van der Waals surface area contributed by atoms with E-state index in [0.29, 0.717) is 6.04 Å². The molecule has 0 aliphatic heterocycles. The summed E-state index contributed by atoms with van der Waals surface area (Å²) in [4.78, 5) is 7.56. The van der Waals surface area contributed by atoms with Crippen LogP contribution in [-0.4, -0.2) is 11.0 Å². The summed E-state index contributed by atoms with van der Waals surface area (Å²) < 4.78 is 1.78. The van der Waals surface area contributed by atoms with E-state index in [1.54, 1.807) is 11.3 Å². The third-order valence-electron chi connectivity index (χ3n) is 3.31. The van der Waals surface area contributed by atoms with Gasteiger partial charge < -0.3 is 5.32 Å². The van der Waals surface area contributed by atoms with Crippen molar-refractivity contribution < 1.29 is 0 Å². The van der Waals surface area contributed by atoms with Crippen LogP contribution in [0.3, 0.4) is 0 Å². The number of thiophene rings is 1. The number of aryl methyl sites for hydroxylation is 2. The lowest BCUT2D eigenvalue weighted by Gasteiger charge is -2.18. The number of hydrogen-bond acceptors (Lipinski definition) is 4. The van der Waals surface area contributed by atoms with Gasteiger partial charge in [0.25, 0.3) is 0 Å². The van der Waals surface area contributed by atoms with E-state index in [-0.39, 0.29) is 6.04 Å². The number of hydrogen-bond donors (Lipinski definition) is 1. The third kappa shape index (κ3) is 2.97. The largest absolute Gasteiger partial charge is 0.301 e. The number of thiazole rings is 1. The predicted molar refractivity (Wildman–Crippen MR) is 91.3 cm³/mol. The van der Waals surface area contributed by atoms with Gasteiger partial charge >= 0.3 is 0 Å². The zero-order chi connectivity index (χ0) is 14.3. The normalized spacial score (nSPS) is 15.8. The first-order valence-electron chi connectivity index (χ1n) is 6.74. The molecule has 108 valence electrons. The van der Waals surface area contributed by atoms with Crippen LogP contribution in [0.5, 0.6) is 0 Å². The molecule has 0 spiro atoms. The van der Waals surface area contributed by atoms with E-state index in [2.05, 4.69) is 41.2 Å². The van der Waals surface area contributed by atoms with Gasteiger partial charge in [0.1, 0.15) is 9.34 Å². The van der Waals surface area contributed by atoms with Crippen LogP contribution in [0.2, 0.25) is 4.34 Å². The molecule has 0 bridgehead atoms. The molecule has 2 aromatic heterocycles. The van der Waals surface area contributed by atoms with Crippen LogP contribution in [0.25, 0.3) is 0 Å². The minimum atomic E-state index is 0.152. The molecule has 1 unspecified atom stereocenters. The maximum Gasteiger partial charge on any atom is 0.116 e. The second-order valence-electron chi connectivity index (χ2n) is 5.30. The number of rotatable bonds is 4. The molecule has 0 amide bonds. The molecule has 1 N–H and O–H groups in total. The molecule has 0 fully saturated rings. The number of nitrogens with zero attached hydrogens (tertiary/aromatic N) is 1. The monoisotopic (exact) mass is 390 g/mol. The smallest absolute Gasteiger partial charge is 0.116 e. The Labute approximate surface area is 140 Å². The molecule has 2 aromatic rings. The lowest BCUT2D eigenvalue weighted by molar-refractivity contribution is 0.531. The average Bonchev–Trinajstić information content (AvgIpc) is 3.01. The van der Waals surface area contributed by atoms with Gasteiger partial charge in [0, 0.05) is 20.3 Å². The molecule has 20 heavy (non-hydrogen) atoms. The highest BCUT2D eigenvalue weighted by molar-refractivity contribution is 9.10. The Bertz CT molecular complexity index is 580. The second-order valence-corrected chi connectivity index (χ2v) is 8.96. The van der Waals surface area contributed by atoms with E-state index in [0.717, 1.165) is 15.2 Å². The standard InChI is InChI=1S/C14H16BrClN2S2/c1-7(2)17-12(11-6-8(15)13(16)19-11)14-18-9-4-3-5-10(9)20-14/h6-7,12,17H,3-5H2,1-2H3. The summed E-state index contributed by atoms with van der Waals surface area (Å²) in [5.74, 6) is 0. The van der Waals surface area contributed by atoms with Crippen LogP contribution in [0.1, 0.15) is 46.8 Å². The van der Waals surface area contributed by atoms with Crippen molar-refractivity contribution in [2.75, 3.05) is 0 Å². The summed E-state index contributed by atoms with van der Waals surface area (Å²) in [5, 5.41) is 4.80. The summed E-state index contributed by atoms with van der Waals surface area (Å²) in [6.45, 7) is 4.33. The third-order valence-corrected chi connectivity index (χ3v) is 7.07. The molecule has 1 aliphatic rings. The van der Waals surface area contributed by atoms with Crippen LogP contribution in [0.4, 0.5) is 0 Å². The molecule has 0 saturated carbocycles. The molecular weight excluding hydrogens is 376 g/mol. The summed E-state index contributed by atoms with van der Waals surface area (Å²) in [6.07, 6.45) is 3.58. The van der Waals surface area contributed by atoms with E-state index in [1.807, 2.05) is 11.3 Å². The number of aromatic nitrogens is 1. The van der Waals surface area contributed by atoms with Crippen molar-refractivity contribution in [3.05, 3.63) is 35.3 Å². The predicted octanol–water partition coefficient (Wildman–Crippen LogP) is 5.20. The van der Waals surface area contributed by atoms with Crippen molar-refractivity contribution in [1.82, 2.24) is 10.3 Å². The molecule has 6 heteroatoms. The molecular formula is C14H16BrClN2S2. The van der Waals surface area contributed by atoms with Crippen molar-refractivity contribution in [2.24, 2.45) is 0 Å². The van der Waals surface area contributed by atoms with Crippen molar-refractivity contribution in [3.63, 3.8) is 0 Å². The van der Waals surface area contributed by atoms with Gasteiger partial charge in [-0.1, -0.05) is 11.6 Å². The van der Waals surface area contributed by atoms with Gasteiger partial charge in [-0.15, -0.1) is 22.7 Å². The van der Waals surface area contributed by atoms with Crippen LogP contribution in [0.15, 0.2) is 10.5 Å². The quantitative estimate of drug-likeness (QED) is 0.775. The van der Waals surface area contributed by atoms with Gasteiger partial charge in [0.05, 0.1) is 11.7 Å². The molecule has 2 heterocycles. The number of halogens is 2. The Morgan fingerprint density at radius 2 is 2.15 bits per heavy atom. The average molecular weight is 392 g/mol. The van der Waals surface area contributed by atoms with Crippen LogP contribution in [-0.2, 0) is 12.8 Å². The summed E-state index contributed by atoms with van der Waals surface area (Å²) in [7, 11) is 0. The summed E-state index contributed by atoms with van der Waals surface area (Å²) in [6, 6.07) is 2.66. The van der Waals surface area contributed by atoms with E-state index in [9.17, 15) is 0 Å². The fourth-order valence-corrected chi connectivity index (χ4v) is 5.56. The van der Waals surface area contributed by atoms with Crippen molar-refractivity contribution in [3.8, 4) is 0 Å². The fourth-order valence-electron chi connectivity index (χ4n) is 2.45. The van der Waals surface area contributed by atoms with Crippen LogP contribution in [0, 0.1) is 0 Å². The zero-order valence-electron chi connectivity index (χ0n) is 11.4. The Morgan fingerprint density at radius 1 is 1.35 bits per heavy atom. The van der Waals surface area contributed by atoms with Crippen molar-refractivity contribution in [1.29, 1.82) is 0 Å². The van der Waals surface area contributed by atoms with Gasteiger partial charge in [-0.2, -0.15) is 0 Å². The van der Waals surface area contributed by atoms with Crippen molar-refractivity contribution >= 4 is 50.2 Å². The van der Waals surface area contributed by atoms with Crippen LogP contribution >= 0.6 is 50.2 Å². The molecule has 0 aromatic carbocycles.